The van der Waals surface area contributed by atoms with Crippen molar-refractivity contribution >= 4 is 17.5 Å². The van der Waals surface area contributed by atoms with Crippen LogP contribution in [0.1, 0.15) is 25.3 Å². The number of hydrogen-bond acceptors (Lipinski definition) is 3. The molecule has 4 nitrogen and oxygen atoms in total. The molecule has 0 aromatic heterocycles. The molecule has 2 rings (SSSR count). The molecule has 0 heterocycles. The van der Waals surface area contributed by atoms with Crippen LogP contribution in [0.2, 0.25) is 0 Å². The van der Waals surface area contributed by atoms with Gasteiger partial charge in [-0.25, -0.2) is 9.18 Å². The Morgan fingerprint density at radius 3 is 2.65 bits per heavy atom. The van der Waals surface area contributed by atoms with Crippen LogP contribution in [0.15, 0.2) is 48.5 Å². The molecule has 0 saturated carbocycles. The lowest BCUT2D eigenvalue weighted by atomic mass is 10.2. The van der Waals surface area contributed by atoms with Gasteiger partial charge in [0.15, 0.2) is 0 Å². The summed E-state index contributed by atoms with van der Waals surface area (Å²) in [5.74, 6) is 2.17. The first-order valence-corrected chi connectivity index (χ1v) is 8.59. The van der Waals surface area contributed by atoms with Crippen molar-refractivity contribution < 1.29 is 13.9 Å². The average molecular weight is 354 g/mol. The number of hydrogen-bond donors (Lipinski definition) is 1. The third kappa shape index (κ3) is 5.82. The van der Waals surface area contributed by atoms with Gasteiger partial charge in [0.25, 0.3) is 0 Å². The van der Waals surface area contributed by atoms with Crippen molar-refractivity contribution in [2.24, 2.45) is 0 Å². The summed E-state index contributed by atoms with van der Waals surface area (Å²) in [6.07, 6.45) is 6.11. The van der Waals surface area contributed by atoms with Crippen LogP contribution in [0.3, 0.4) is 0 Å². The Morgan fingerprint density at radius 1 is 1.23 bits per heavy atom. The molecule has 2 aromatic carbocycles. The van der Waals surface area contributed by atoms with Crippen molar-refractivity contribution in [1.82, 2.24) is 0 Å². The highest BCUT2D eigenvalue weighted by Crippen LogP contribution is 2.23. The number of ether oxygens (including phenoxy) is 1. The van der Waals surface area contributed by atoms with Crippen LogP contribution in [0, 0.1) is 18.2 Å². The molecule has 0 aliphatic rings. The molecule has 0 radical (unpaired) electrons. The van der Waals surface area contributed by atoms with Crippen molar-refractivity contribution in [2.75, 3.05) is 23.3 Å². The Kier molecular flexibility index (Phi) is 7.50. The van der Waals surface area contributed by atoms with Crippen molar-refractivity contribution in [3.63, 3.8) is 0 Å². The summed E-state index contributed by atoms with van der Waals surface area (Å²) in [4.78, 5) is 13.8. The molecule has 5 heteroatoms. The Hall–Kier alpha value is -3.00. The van der Waals surface area contributed by atoms with E-state index < -0.39 is 11.9 Å². The first kappa shape index (κ1) is 19.3. The third-order valence-corrected chi connectivity index (χ3v) is 3.77. The number of rotatable bonds is 8. The minimum absolute atomic E-state index is 0.156. The van der Waals surface area contributed by atoms with Gasteiger partial charge in [0.05, 0.1) is 5.69 Å². The van der Waals surface area contributed by atoms with Crippen LogP contribution in [0.4, 0.5) is 20.6 Å². The number of terminal acetylenes is 1. The molecule has 0 saturated heterocycles. The summed E-state index contributed by atoms with van der Waals surface area (Å²) >= 11 is 0. The largest absolute Gasteiger partial charge is 0.444 e. The lowest BCUT2D eigenvalue weighted by Gasteiger charge is -2.24. The number of nitrogens with zero attached hydrogens (tertiary/aromatic N) is 1. The molecule has 0 aliphatic heterocycles. The van der Waals surface area contributed by atoms with Gasteiger partial charge in [-0.15, -0.1) is 12.3 Å². The lowest BCUT2D eigenvalue weighted by Crippen LogP contribution is -2.26. The number of halogens is 1. The maximum atomic E-state index is 14.5. The summed E-state index contributed by atoms with van der Waals surface area (Å²) in [7, 11) is 0. The SMILES string of the molecule is C#CCCN(CCC)c1ccc(NC(=O)OCc2ccccc2)cc1F. The highest BCUT2D eigenvalue weighted by Gasteiger charge is 2.12. The number of benzene rings is 2. The zero-order chi connectivity index (χ0) is 18.8. The highest BCUT2D eigenvalue weighted by molar-refractivity contribution is 5.85. The normalized spacial score (nSPS) is 10.0. The van der Waals surface area contributed by atoms with E-state index in [1.807, 2.05) is 42.2 Å². The Labute approximate surface area is 154 Å². The number of nitrogens with one attached hydrogen (secondary N) is 1. The van der Waals surface area contributed by atoms with E-state index in [1.54, 1.807) is 12.1 Å². The molecular weight excluding hydrogens is 331 g/mol. The summed E-state index contributed by atoms with van der Waals surface area (Å²) in [5, 5.41) is 2.54. The maximum absolute atomic E-state index is 14.5. The van der Waals surface area contributed by atoms with Gasteiger partial charge in [0.2, 0.25) is 0 Å². The smallest absolute Gasteiger partial charge is 0.411 e. The van der Waals surface area contributed by atoms with Gasteiger partial charge in [-0.2, -0.15) is 0 Å². The van der Waals surface area contributed by atoms with Crippen molar-refractivity contribution in [2.45, 2.75) is 26.4 Å². The molecule has 136 valence electrons. The van der Waals surface area contributed by atoms with Crippen molar-refractivity contribution in [3.8, 4) is 12.3 Å². The van der Waals surface area contributed by atoms with E-state index in [0.29, 0.717) is 30.9 Å². The van der Waals surface area contributed by atoms with E-state index in [4.69, 9.17) is 11.2 Å². The van der Waals surface area contributed by atoms with Gasteiger partial charge in [0.1, 0.15) is 12.4 Å². The molecule has 0 fully saturated rings. The Bertz CT molecular complexity index is 756. The molecule has 1 N–H and O–H groups in total. The molecule has 26 heavy (non-hydrogen) atoms. The molecule has 0 spiro atoms. The summed E-state index contributed by atoms with van der Waals surface area (Å²) < 4.78 is 19.6. The fraction of sp³-hybridized carbons (Fsp3) is 0.286. The average Bonchev–Trinajstić information content (AvgIpc) is 2.65. The van der Waals surface area contributed by atoms with Crippen LogP contribution >= 0.6 is 0 Å². The standard InChI is InChI=1S/C21H23FN2O2/c1-3-5-14-24(13-4-2)20-12-11-18(15-19(20)22)23-21(25)26-16-17-9-7-6-8-10-17/h1,6-12,15H,4-5,13-14,16H2,2H3,(H,23,25). The van der Waals surface area contributed by atoms with E-state index in [1.165, 1.54) is 6.07 Å². The van der Waals surface area contributed by atoms with Gasteiger partial charge >= 0.3 is 6.09 Å². The maximum Gasteiger partial charge on any atom is 0.411 e. The zero-order valence-corrected chi connectivity index (χ0v) is 14.9. The fourth-order valence-corrected chi connectivity index (χ4v) is 2.54. The van der Waals surface area contributed by atoms with Gasteiger partial charge in [-0.1, -0.05) is 37.3 Å². The molecule has 0 aliphatic carbocycles. The van der Waals surface area contributed by atoms with E-state index >= 15 is 0 Å². The lowest BCUT2D eigenvalue weighted by molar-refractivity contribution is 0.155. The minimum Gasteiger partial charge on any atom is -0.444 e. The van der Waals surface area contributed by atoms with E-state index in [-0.39, 0.29) is 6.61 Å². The topological polar surface area (TPSA) is 41.6 Å². The quantitative estimate of drug-likeness (QED) is 0.692. The van der Waals surface area contributed by atoms with Gasteiger partial charge in [-0.05, 0) is 30.2 Å². The molecule has 0 atom stereocenters. The highest BCUT2D eigenvalue weighted by atomic mass is 19.1. The molecule has 2 aromatic rings. The van der Waals surface area contributed by atoms with Crippen molar-refractivity contribution in [3.05, 3.63) is 59.9 Å². The number of anilines is 2. The van der Waals surface area contributed by atoms with Crippen LogP contribution in [0.25, 0.3) is 0 Å². The minimum atomic E-state index is -0.626. The predicted octanol–water partition coefficient (Wildman–Crippen LogP) is 4.81. The number of carbonyl (C=O) groups is 1. The fourth-order valence-electron chi connectivity index (χ4n) is 2.54. The summed E-state index contributed by atoms with van der Waals surface area (Å²) in [6.45, 7) is 3.49. The third-order valence-electron chi connectivity index (χ3n) is 3.77. The first-order chi connectivity index (χ1) is 12.6. The van der Waals surface area contributed by atoms with Gasteiger partial charge in [-0.3, -0.25) is 5.32 Å². The first-order valence-electron chi connectivity index (χ1n) is 8.59. The van der Waals surface area contributed by atoms with Gasteiger partial charge < -0.3 is 9.64 Å². The van der Waals surface area contributed by atoms with Crippen molar-refractivity contribution in [1.29, 1.82) is 0 Å². The van der Waals surface area contributed by atoms with Gasteiger partial charge in [0, 0.05) is 25.2 Å². The zero-order valence-electron chi connectivity index (χ0n) is 14.9. The second kappa shape index (κ2) is 10.1. The van der Waals surface area contributed by atoms with E-state index in [0.717, 1.165) is 12.0 Å². The second-order valence-corrected chi connectivity index (χ2v) is 5.79. The number of carbonyl (C=O) groups excluding carboxylic acids is 1. The molecular formula is C21H23FN2O2. The molecule has 1 amide bonds. The summed E-state index contributed by atoms with van der Waals surface area (Å²) in [5.41, 5.74) is 1.70. The molecule has 0 unspecified atom stereocenters. The second-order valence-electron chi connectivity index (χ2n) is 5.79. The molecule has 0 bridgehead atoms. The van der Waals surface area contributed by atoms with Crippen LogP contribution in [-0.2, 0) is 11.3 Å². The summed E-state index contributed by atoms with van der Waals surface area (Å²) in [6, 6.07) is 13.9. The van der Waals surface area contributed by atoms with Crippen LogP contribution < -0.4 is 10.2 Å². The van der Waals surface area contributed by atoms with Crippen LogP contribution in [0.5, 0.6) is 0 Å². The monoisotopic (exact) mass is 354 g/mol. The van der Waals surface area contributed by atoms with E-state index in [2.05, 4.69) is 11.2 Å². The van der Waals surface area contributed by atoms with Crippen LogP contribution in [-0.4, -0.2) is 19.2 Å². The van der Waals surface area contributed by atoms with E-state index in [9.17, 15) is 9.18 Å². The number of amides is 1. The predicted molar refractivity (Wildman–Crippen MR) is 103 cm³/mol. The Morgan fingerprint density at radius 2 is 2.00 bits per heavy atom. The Balaban J connectivity index is 1.97.